The van der Waals surface area contributed by atoms with Crippen molar-refractivity contribution in [1.29, 1.82) is 0 Å². The fourth-order valence-corrected chi connectivity index (χ4v) is 5.30. The lowest BCUT2D eigenvalue weighted by Crippen LogP contribution is -2.45. The van der Waals surface area contributed by atoms with Gasteiger partial charge in [0.15, 0.2) is 0 Å². The van der Waals surface area contributed by atoms with Crippen molar-refractivity contribution in [2.24, 2.45) is 5.92 Å². The van der Waals surface area contributed by atoms with Crippen LogP contribution in [0.15, 0.2) is 53.4 Å². The van der Waals surface area contributed by atoms with Crippen molar-refractivity contribution in [2.45, 2.75) is 44.6 Å². The summed E-state index contributed by atoms with van der Waals surface area (Å²) in [6.45, 7) is 6.72. The molecule has 1 fully saturated rings. The summed E-state index contributed by atoms with van der Waals surface area (Å²) in [4.78, 5) is 13.1. The normalized spacial score (nSPS) is 19.2. The van der Waals surface area contributed by atoms with Gasteiger partial charge in [-0.25, -0.2) is 8.42 Å². The molecule has 0 bridgehead atoms. The number of aryl methyl sites for hydroxylation is 2. The van der Waals surface area contributed by atoms with E-state index < -0.39 is 10.0 Å². The topological polar surface area (TPSA) is 66.5 Å². The van der Waals surface area contributed by atoms with E-state index in [1.807, 2.05) is 20.8 Å². The van der Waals surface area contributed by atoms with Crippen molar-refractivity contribution in [3.63, 3.8) is 0 Å². The van der Waals surface area contributed by atoms with E-state index in [1.54, 1.807) is 30.3 Å². The molecule has 5 nitrogen and oxygen atoms in total. The van der Waals surface area contributed by atoms with Gasteiger partial charge in [-0.15, -0.1) is 0 Å². The third-order valence-electron chi connectivity index (χ3n) is 5.40. The Morgan fingerprint density at radius 2 is 1.86 bits per heavy atom. The third kappa shape index (κ3) is 4.45. The number of benzene rings is 2. The van der Waals surface area contributed by atoms with Gasteiger partial charge in [0.25, 0.3) is 0 Å². The molecule has 0 aliphatic carbocycles. The monoisotopic (exact) mass is 400 g/mol. The zero-order valence-corrected chi connectivity index (χ0v) is 17.5. The van der Waals surface area contributed by atoms with Gasteiger partial charge < -0.3 is 5.32 Å². The van der Waals surface area contributed by atoms with E-state index in [-0.39, 0.29) is 29.3 Å². The molecular weight excluding hydrogens is 372 g/mol. The number of nitrogens with one attached hydrogen (secondary N) is 1. The van der Waals surface area contributed by atoms with Crippen LogP contribution < -0.4 is 5.32 Å². The van der Waals surface area contributed by atoms with Crippen LogP contribution in [0.1, 0.15) is 42.5 Å². The highest BCUT2D eigenvalue weighted by atomic mass is 32.2. The summed E-state index contributed by atoms with van der Waals surface area (Å²) >= 11 is 0. The summed E-state index contributed by atoms with van der Waals surface area (Å²) < 4.78 is 27.2. The predicted octanol–water partition coefficient (Wildman–Crippen LogP) is 3.58. The molecular formula is C22H28N2O3S. The second-order valence-electron chi connectivity index (χ2n) is 7.61. The smallest absolute Gasteiger partial charge is 0.243 e. The molecule has 1 heterocycles. The van der Waals surface area contributed by atoms with Crippen LogP contribution in [-0.2, 0) is 14.8 Å². The molecule has 0 aromatic heterocycles. The number of carbonyl (C=O) groups excluding carboxylic acids is 1. The van der Waals surface area contributed by atoms with Crippen molar-refractivity contribution in [3.8, 4) is 0 Å². The highest BCUT2D eigenvalue weighted by Gasteiger charge is 2.33. The molecule has 2 unspecified atom stereocenters. The number of carbonyl (C=O) groups is 1. The molecule has 2 aromatic rings. The summed E-state index contributed by atoms with van der Waals surface area (Å²) in [6, 6.07) is 14.5. The van der Waals surface area contributed by atoms with Crippen LogP contribution in [0.25, 0.3) is 0 Å². The van der Waals surface area contributed by atoms with Crippen LogP contribution in [-0.4, -0.2) is 31.7 Å². The summed E-state index contributed by atoms with van der Waals surface area (Å²) in [5.41, 5.74) is 3.38. The van der Waals surface area contributed by atoms with Gasteiger partial charge in [0, 0.05) is 13.1 Å². The lowest BCUT2D eigenvalue weighted by molar-refractivity contribution is -0.126. The number of nitrogens with zero attached hydrogens (tertiary/aromatic N) is 1. The first-order chi connectivity index (χ1) is 13.3. The van der Waals surface area contributed by atoms with Gasteiger partial charge in [0.05, 0.1) is 16.9 Å². The lowest BCUT2D eigenvalue weighted by atomic mass is 9.96. The Bertz CT molecular complexity index is 942. The molecule has 0 spiro atoms. The van der Waals surface area contributed by atoms with E-state index in [1.165, 1.54) is 4.31 Å². The molecule has 3 rings (SSSR count). The molecule has 0 radical (unpaired) electrons. The summed E-state index contributed by atoms with van der Waals surface area (Å²) in [6.07, 6.45) is 1.38. The molecule has 1 amide bonds. The zero-order valence-electron chi connectivity index (χ0n) is 16.7. The molecule has 150 valence electrons. The quantitative estimate of drug-likeness (QED) is 0.834. The standard InChI is InChI=1S/C22H28N2O3S/c1-16-11-12-17(2)21(14-16)18(3)23-22(25)19-8-7-13-24(15-19)28(26,27)20-9-5-4-6-10-20/h4-6,9-12,14,18-19H,7-8,13,15H2,1-3H3,(H,23,25). The van der Waals surface area contributed by atoms with Crippen LogP contribution in [0.5, 0.6) is 0 Å². The Hall–Kier alpha value is -2.18. The molecule has 0 saturated carbocycles. The van der Waals surface area contributed by atoms with Crippen molar-refractivity contribution in [2.75, 3.05) is 13.1 Å². The van der Waals surface area contributed by atoms with E-state index in [4.69, 9.17) is 0 Å². The van der Waals surface area contributed by atoms with Crippen molar-refractivity contribution in [1.82, 2.24) is 9.62 Å². The highest BCUT2D eigenvalue weighted by molar-refractivity contribution is 7.89. The fourth-order valence-electron chi connectivity index (χ4n) is 3.75. The summed E-state index contributed by atoms with van der Waals surface area (Å²) in [5, 5.41) is 3.09. The largest absolute Gasteiger partial charge is 0.349 e. The van der Waals surface area contributed by atoms with Crippen molar-refractivity contribution in [3.05, 3.63) is 65.2 Å². The maximum Gasteiger partial charge on any atom is 0.243 e. The maximum atomic E-state index is 12.9. The number of sulfonamides is 1. The van der Waals surface area contributed by atoms with Crippen LogP contribution in [0.2, 0.25) is 0 Å². The molecule has 1 aliphatic rings. The van der Waals surface area contributed by atoms with E-state index in [2.05, 4.69) is 23.5 Å². The Labute approximate surface area is 167 Å². The Kier molecular flexibility index (Phi) is 6.20. The van der Waals surface area contributed by atoms with Gasteiger partial charge in [-0.05, 0) is 56.9 Å². The van der Waals surface area contributed by atoms with Crippen LogP contribution in [0.3, 0.4) is 0 Å². The number of piperidine rings is 1. The van der Waals surface area contributed by atoms with Gasteiger partial charge >= 0.3 is 0 Å². The third-order valence-corrected chi connectivity index (χ3v) is 7.28. The van der Waals surface area contributed by atoms with Crippen molar-refractivity contribution >= 4 is 15.9 Å². The van der Waals surface area contributed by atoms with Crippen LogP contribution in [0, 0.1) is 19.8 Å². The molecule has 1 aliphatic heterocycles. The maximum absolute atomic E-state index is 12.9. The fraction of sp³-hybridized carbons (Fsp3) is 0.409. The van der Waals surface area contributed by atoms with Crippen molar-refractivity contribution < 1.29 is 13.2 Å². The Balaban J connectivity index is 1.70. The first kappa shape index (κ1) is 20.6. The minimum Gasteiger partial charge on any atom is -0.349 e. The van der Waals surface area contributed by atoms with Crippen LogP contribution in [0.4, 0.5) is 0 Å². The van der Waals surface area contributed by atoms with Gasteiger partial charge in [0.1, 0.15) is 0 Å². The Morgan fingerprint density at radius 3 is 2.57 bits per heavy atom. The predicted molar refractivity (Wildman–Crippen MR) is 110 cm³/mol. The highest BCUT2D eigenvalue weighted by Crippen LogP contribution is 2.25. The number of hydrogen-bond acceptors (Lipinski definition) is 3. The van der Waals surface area contributed by atoms with Gasteiger partial charge in [-0.2, -0.15) is 4.31 Å². The summed E-state index contributed by atoms with van der Waals surface area (Å²) in [5.74, 6) is -0.416. The number of hydrogen-bond donors (Lipinski definition) is 1. The van der Waals surface area contributed by atoms with Gasteiger partial charge in [-0.3, -0.25) is 4.79 Å². The van der Waals surface area contributed by atoms with Crippen LogP contribution >= 0.6 is 0 Å². The average molecular weight is 401 g/mol. The minimum absolute atomic E-state index is 0.0821. The number of amides is 1. The average Bonchev–Trinajstić information content (AvgIpc) is 2.70. The molecule has 6 heteroatoms. The zero-order chi connectivity index (χ0) is 20.3. The SMILES string of the molecule is Cc1ccc(C)c(C(C)NC(=O)C2CCCN(S(=O)(=O)c3ccccc3)C2)c1. The van der Waals surface area contributed by atoms with E-state index >= 15 is 0 Å². The molecule has 28 heavy (non-hydrogen) atoms. The second kappa shape index (κ2) is 8.45. The molecule has 1 saturated heterocycles. The first-order valence-corrected chi connectivity index (χ1v) is 11.2. The minimum atomic E-state index is -3.57. The lowest BCUT2D eigenvalue weighted by Gasteiger charge is -2.32. The first-order valence-electron chi connectivity index (χ1n) is 9.72. The van der Waals surface area contributed by atoms with E-state index in [0.29, 0.717) is 19.4 Å². The Morgan fingerprint density at radius 1 is 1.14 bits per heavy atom. The van der Waals surface area contributed by atoms with Gasteiger partial charge in [-0.1, -0.05) is 42.0 Å². The molecule has 1 N–H and O–H groups in total. The molecule has 2 atom stereocenters. The van der Waals surface area contributed by atoms with Gasteiger partial charge in [0.2, 0.25) is 15.9 Å². The number of rotatable bonds is 5. The molecule has 2 aromatic carbocycles. The van der Waals surface area contributed by atoms with E-state index in [0.717, 1.165) is 16.7 Å². The summed E-state index contributed by atoms with van der Waals surface area (Å²) in [7, 11) is -3.57. The second-order valence-corrected chi connectivity index (χ2v) is 9.54. The van der Waals surface area contributed by atoms with E-state index in [9.17, 15) is 13.2 Å².